The summed E-state index contributed by atoms with van der Waals surface area (Å²) >= 11 is 0. The van der Waals surface area contributed by atoms with E-state index in [2.05, 4.69) is 0 Å². The van der Waals surface area contributed by atoms with Crippen LogP contribution in [0.3, 0.4) is 0 Å². The van der Waals surface area contributed by atoms with Gasteiger partial charge in [0.2, 0.25) is 0 Å². The molecule has 108 valence electrons. The highest BCUT2D eigenvalue weighted by molar-refractivity contribution is 5.83. The zero-order chi connectivity index (χ0) is 14.4. The number of hydrogen-bond acceptors (Lipinski definition) is 3. The average Bonchev–Trinajstić information content (AvgIpc) is 2.66. The number of halogens is 3. The third-order valence-electron chi connectivity index (χ3n) is 3.97. The lowest BCUT2D eigenvalue weighted by Gasteiger charge is -2.37. The monoisotopic (exact) mass is 281 g/mol. The van der Waals surface area contributed by atoms with E-state index >= 15 is 0 Å². The topological polar surface area (TPSA) is 77.8 Å². The van der Waals surface area contributed by atoms with Gasteiger partial charge in [-0.05, 0) is 24.7 Å². The number of carbonyl (C=O) groups excluding carboxylic acids is 1. The Morgan fingerprint density at radius 1 is 1.16 bits per heavy atom. The van der Waals surface area contributed by atoms with Crippen molar-refractivity contribution in [3.05, 3.63) is 0 Å². The van der Waals surface area contributed by atoms with Crippen molar-refractivity contribution in [2.75, 3.05) is 13.1 Å². The first-order valence-electron chi connectivity index (χ1n) is 5.97. The molecule has 0 bridgehead atoms. The standard InChI is InChI=1S/C11H14F3NO4/c12-11(13,14)10(19)15-3-7(5-1-6(16)2-5)8(4-15)9(17)18/h5-8,16H,1-4H2,(H,17,18)/t5?,6?,7-,8+/m0/s1. The van der Waals surface area contributed by atoms with Gasteiger partial charge in [0.25, 0.3) is 0 Å². The predicted octanol–water partition coefficient (Wildman–Crippen LogP) is 0.479. The normalized spacial score (nSPS) is 35.1. The van der Waals surface area contributed by atoms with Gasteiger partial charge in [0.15, 0.2) is 0 Å². The maximum Gasteiger partial charge on any atom is 0.471 e. The highest BCUT2D eigenvalue weighted by Crippen LogP contribution is 2.42. The quantitative estimate of drug-likeness (QED) is 0.771. The number of nitrogens with zero attached hydrogens (tertiary/aromatic N) is 1. The van der Waals surface area contributed by atoms with Crippen molar-refractivity contribution in [1.82, 2.24) is 4.90 Å². The zero-order valence-corrected chi connectivity index (χ0v) is 9.93. The second-order valence-electron chi connectivity index (χ2n) is 5.20. The molecule has 8 heteroatoms. The average molecular weight is 281 g/mol. The van der Waals surface area contributed by atoms with Crippen molar-refractivity contribution < 1.29 is 33.0 Å². The molecule has 0 aromatic carbocycles. The molecular weight excluding hydrogens is 267 g/mol. The predicted molar refractivity (Wildman–Crippen MR) is 56.0 cm³/mol. The summed E-state index contributed by atoms with van der Waals surface area (Å²) in [4.78, 5) is 22.8. The second-order valence-corrected chi connectivity index (χ2v) is 5.20. The molecule has 2 rings (SSSR count). The van der Waals surface area contributed by atoms with Crippen molar-refractivity contribution in [3.63, 3.8) is 0 Å². The number of carboxylic acids is 1. The molecule has 0 spiro atoms. The number of aliphatic hydroxyl groups excluding tert-OH is 1. The number of alkyl halides is 3. The SMILES string of the molecule is O=C(O)[C@@H]1CN(C(=O)C(F)(F)F)C[C@H]1C1CC(O)C1. The smallest absolute Gasteiger partial charge is 0.471 e. The van der Waals surface area contributed by atoms with E-state index in [1.165, 1.54) is 0 Å². The molecule has 2 atom stereocenters. The molecule has 2 N–H and O–H groups in total. The van der Waals surface area contributed by atoms with Crippen molar-refractivity contribution in [1.29, 1.82) is 0 Å². The highest BCUT2D eigenvalue weighted by Gasteiger charge is 2.51. The lowest BCUT2D eigenvalue weighted by atomic mass is 9.70. The van der Waals surface area contributed by atoms with Gasteiger partial charge in [0.05, 0.1) is 12.0 Å². The third-order valence-corrected chi connectivity index (χ3v) is 3.97. The first-order valence-corrected chi connectivity index (χ1v) is 5.97. The van der Waals surface area contributed by atoms with Gasteiger partial charge in [-0.25, -0.2) is 0 Å². The molecule has 5 nitrogen and oxygen atoms in total. The van der Waals surface area contributed by atoms with E-state index in [0.29, 0.717) is 17.7 Å². The Balaban J connectivity index is 2.08. The van der Waals surface area contributed by atoms with Crippen molar-refractivity contribution in [2.24, 2.45) is 17.8 Å². The molecule has 0 aromatic rings. The minimum atomic E-state index is -4.98. The van der Waals surface area contributed by atoms with Crippen molar-refractivity contribution in [3.8, 4) is 0 Å². The summed E-state index contributed by atoms with van der Waals surface area (Å²) in [5.41, 5.74) is 0. The van der Waals surface area contributed by atoms with Crippen LogP contribution in [-0.2, 0) is 9.59 Å². The Labute approximate surface area is 107 Å². The Morgan fingerprint density at radius 2 is 1.74 bits per heavy atom. The van der Waals surface area contributed by atoms with Gasteiger partial charge in [-0.3, -0.25) is 9.59 Å². The van der Waals surface area contributed by atoms with E-state index in [1.54, 1.807) is 0 Å². The summed E-state index contributed by atoms with van der Waals surface area (Å²) < 4.78 is 37.0. The molecule has 0 radical (unpaired) electrons. The summed E-state index contributed by atoms with van der Waals surface area (Å²) in [6, 6.07) is 0. The van der Waals surface area contributed by atoms with Gasteiger partial charge in [-0.15, -0.1) is 0 Å². The number of hydrogen-bond donors (Lipinski definition) is 2. The number of carboxylic acid groups (broad SMARTS) is 1. The fourth-order valence-electron chi connectivity index (χ4n) is 2.89. The second kappa shape index (κ2) is 4.66. The molecule has 0 aromatic heterocycles. The van der Waals surface area contributed by atoms with Gasteiger partial charge >= 0.3 is 18.1 Å². The molecule has 0 unspecified atom stereocenters. The Kier molecular flexibility index (Phi) is 3.46. The van der Waals surface area contributed by atoms with Crippen LogP contribution in [0.5, 0.6) is 0 Å². The first kappa shape index (κ1) is 14.1. The molecule has 2 aliphatic rings. The number of likely N-dealkylation sites (tertiary alicyclic amines) is 1. The number of amides is 1. The van der Waals surface area contributed by atoms with Crippen LogP contribution in [0.15, 0.2) is 0 Å². The highest BCUT2D eigenvalue weighted by atomic mass is 19.4. The summed E-state index contributed by atoms with van der Waals surface area (Å²) in [6.45, 7) is -0.613. The summed E-state index contributed by atoms with van der Waals surface area (Å²) in [7, 11) is 0. The Bertz CT molecular complexity index is 392. The molecule has 1 heterocycles. The van der Waals surface area contributed by atoms with Crippen LogP contribution in [0.4, 0.5) is 13.2 Å². The number of aliphatic hydroxyl groups is 1. The summed E-state index contributed by atoms with van der Waals surface area (Å²) in [5.74, 6) is -4.79. The molecule has 1 saturated carbocycles. The molecule has 1 aliphatic carbocycles. The van der Waals surface area contributed by atoms with Gasteiger partial charge in [0, 0.05) is 13.1 Å². The fraction of sp³-hybridized carbons (Fsp3) is 0.818. The van der Waals surface area contributed by atoms with Gasteiger partial charge in [-0.2, -0.15) is 13.2 Å². The minimum absolute atomic E-state index is 0.123. The van der Waals surface area contributed by atoms with E-state index in [0.717, 1.165) is 0 Å². The first-order chi connectivity index (χ1) is 8.70. The fourth-order valence-corrected chi connectivity index (χ4v) is 2.89. The summed E-state index contributed by atoms with van der Waals surface area (Å²) in [6.07, 6.45) is -4.70. The number of carbonyl (C=O) groups is 2. The van der Waals surface area contributed by atoms with Crippen LogP contribution in [0.2, 0.25) is 0 Å². The zero-order valence-electron chi connectivity index (χ0n) is 9.93. The molecular formula is C11H14F3NO4. The van der Waals surface area contributed by atoms with Crippen LogP contribution in [-0.4, -0.2) is 52.4 Å². The van der Waals surface area contributed by atoms with E-state index in [-0.39, 0.29) is 12.5 Å². The Morgan fingerprint density at radius 3 is 2.16 bits per heavy atom. The Hall–Kier alpha value is -1.31. The third kappa shape index (κ3) is 2.68. The molecule has 1 saturated heterocycles. The van der Waals surface area contributed by atoms with Crippen LogP contribution in [0.25, 0.3) is 0 Å². The maximum absolute atomic E-state index is 12.3. The lowest BCUT2D eigenvalue weighted by molar-refractivity contribution is -0.184. The van der Waals surface area contributed by atoms with Gasteiger partial charge in [-0.1, -0.05) is 0 Å². The van der Waals surface area contributed by atoms with Gasteiger partial charge in [0.1, 0.15) is 0 Å². The van der Waals surface area contributed by atoms with Gasteiger partial charge < -0.3 is 15.1 Å². The van der Waals surface area contributed by atoms with E-state index < -0.39 is 42.5 Å². The molecule has 19 heavy (non-hydrogen) atoms. The van der Waals surface area contributed by atoms with Crippen molar-refractivity contribution >= 4 is 11.9 Å². The number of aliphatic carboxylic acids is 1. The van der Waals surface area contributed by atoms with Crippen LogP contribution in [0.1, 0.15) is 12.8 Å². The molecule has 1 aliphatic heterocycles. The van der Waals surface area contributed by atoms with Crippen LogP contribution in [0, 0.1) is 17.8 Å². The maximum atomic E-state index is 12.3. The summed E-state index contributed by atoms with van der Waals surface area (Å²) in [5, 5.41) is 18.2. The lowest BCUT2D eigenvalue weighted by Crippen LogP contribution is -2.41. The van der Waals surface area contributed by atoms with Crippen LogP contribution < -0.4 is 0 Å². The van der Waals surface area contributed by atoms with E-state index in [4.69, 9.17) is 5.11 Å². The largest absolute Gasteiger partial charge is 0.481 e. The van der Waals surface area contributed by atoms with Crippen molar-refractivity contribution in [2.45, 2.75) is 25.1 Å². The number of rotatable bonds is 2. The molecule has 1 amide bonds. The van der Waals surface area contributed by atoms with Crippen LogP contribution >= 0.6 is 0 Å². The minimum Gasteiger partial charge on any atom is -0.481 e. The molecule has 2 fully saturated rings. The van der Waals surface area contributed by atoms with E-state index in [9.17, 15) is 27.9 Å². The van der Waals surface area contributed by atoms with E-state index in [1.807, 2.05) is 0 Å².